The van der Waals surface area contributed by atoms with Crippen LogP contribution in [0.15, 0.2) is 102 Å². The molecule has 6 heteroatoms. The summed E-state index contributed by atoms with van der Waals surface area (Å²) in [6.07, 6.45) is 3.14. The van der Waals surface area contributed by atoms with Crippen LogP contribution < -0.4 is 11.3 Å². The largest absolute Gasteiger partial charge is 0.388 e. The molecule has 4 aromatic rings. The molecule has 1 aliphatic heterocycles. The summed E-state index contributed by atoms with van der Waals surface area (Å²) in [7, 11) is 0. The molecule has 40 heavy (non-hydrogen) atoms. The van der Waals surface area contributed by atoms with Gasteiger partial charge in [0.05, 0.1) is 12.1 Å². The molecule has 2 heterocycles. The van der Waals surface area contributed by atoms with Crippen LogP contribution in [-0.2, 0) is 17.9 Å². The summed E-state index contributed by atoms with van der Waals surface area (Å²) < 4.78 is 1.62. The van der Waals surface area contributed by atoms with Gasteiger partial charge < -0.3 is 20.3 Å². The first kappa shape index (κ1) is 27.6. The van der Waals surface area contributed by atoms with Gasteiger partial charge in [-0.2, -0.15) is 0 Å². The molecule has 0 aliphatic carbocycles. The third-order valence-corrected chi connectivity index (χ3v) is 8.07. The Kier molecular flexibility index (Phi) is 8.29. The van der Waals surface area contributed by atoms with E-state index in [0.717, 1.165) is 33.4 Å². The van der Waals surface area contributed by atoms with Crippen molar-refractivity contribution >= 4 is 5.91 Å². The van der Waals surface area contributed by atoms with Crippen molar-refractivity contribution in [3.63, 3.8) is 0 Å². The topological polar surface area (TPSA) is 88.6 Å². The van der Waals surface area contributed by atoms with E-state index in [2.05, 4.69) is 19.1 Å². The molecule has 1 fully saturated rings. The van der Waals surface area contributed by atoms with Crippen LogP contribution in [0.3, 0.4) is 0 Å². The first-order chi connectivity index (χ1) is 19.3. The van der Waals surface area contributed by atoms with Gasteiger partial charge in [-0.25, -0.2) is 0 Å². The van der Waals surface area contributed by atoms with E-state index in [1.807, 2.05) is 83.9 Å². The van der Waals surface area contributed by atoms with Crippen LogP contribution in [0.1, 0.15) is 43.2 Å². The van der Waals surface area contributed by atoms with Crippen LogP contribution >= 0.6 is 0 Å². The summed E-state index contributed by atoms with van der Waals surface area (Å²) in [5.74, 6) is 0.236. The molecule has 0 unspecified atom stereocenters. The fourth-order valence-electron chi connectivity index (χ4n) is 5.54. The summed E-state index contributed by atoms with van der Waals surface area (Å²) in [6.45, 7) is 3.66. The van der Waals surface area contributed by atoms with Gasteiger partial charge in [0.15, 0.2) is 0 Å². The summed E-state index contributed by atoms with van der Waals surface area (Å²) in [5.41, 5.74) is 10.5. The average Bonchev–Trinajstić information content (AvgIpc) is 2.99. The predicted octanol–water partition coefficient (Wildman–Crippen LogP) is 5.19. The molecule has 5 rings (SSSR count). The average molecular weight is 536 g/mol. The minimum atomic E-state index is -1.07. The molecule has 0 spiro atoms. The van der Waals surface area contributed by atoms with Crippen molar-refractivity contribution in [3.05, 3.63) is 119 Å². The predicted molar refractivity (Wildman–Crippen MR) is 160 cm³/mol. The SMILES string of the molecule is C[C@H](CC(=O)N1CCC(O)(Cn2cc(-c3ccc(CN)cc3)c(-c3ccccc3)cc2=O)CC1)c1ccccc1. The van der Waals surface area contributed by atoms with Crippen LogP contribution in [0.4, 0.5) is 0 Å². The Morgan fingerprint density at radius 3 is 2.12 bits per heavy atom. The second-order valence-electron chi connectivity index (χ2n) is 11.0. The number of aliphatic hydroxyl groups is 1. The van der Waals surface area contributed by atoms with Gasteiger partial charge in [-0.3, -0.25) is 9.59 Å². The third kappa shape index (κ3) is 6.24. The zero-order valence-electron chi connectivity index (χ0n) is 23.0. The summed E-state index contributed by atoms with van der Waals surface area (Å²) in [6, 6.07) is 29.6. The van der Waals surface area contributed by atoms with E-state index in [9.17, 15) is 14.7 Å². The van der Waals surface area contributed by atoms with Crippen molar-refractivity contribution in [1.29, 1.82) is 0 Å². The zero-order valence-corrected chi connectivity index (χ0v) is 23.0. The lowest BCUT2D eigenvalue weighted by Gasteiger charge is -2.39. The number of likely N-dealkylation sites (tertiary alicyclic amines) is 1. The number of nitrogens with two attached hydrogens (primary N) is 1. The molecule has 1 aromatic heterocycles. The fraction of sp³-hybridized carbons (Fsp3) is 0.294. The summed E-state index contributed by atoms with van der Waals surface area (Å²) in [5, 5.41) is 11.5. The maximum Gasteiger partial charge on any atom is 0.251 e. The van der Waals surface area contributed by atoms with Gasteiger partial charge in [0.25, 0.3) is 5.56 Å². The van der Waals surface area contributed by atoms with E-state index >= 15 is 0 Å². The van der Waals surface area contributed by atoms with Gasteiger partial charge >= 0.3 is 0 Å². The first-order valence-corrected chi connectivity index (χ1v) is 14.0. The molecular formula is C34H37N3O3. The molecule has 3 aromatic carbocycles. The first-order valence-electron chi connectivity index (χ1n) is 14.0. The number of rotatable bonds is 8. The molecule has 1 atom stereocenters. The molecule has 0 bridgehead atoms. The normalized spacial score (nSPS) is 15.5. The maximum absolute atomic E-state index is 13.3. The lowest BCUT2D eigenvalue weighted by molar-refractivity contribution is -0.136. The minimum Gasteiger partial charge on any atom is -0.388 e. The molecule has 1 aliphatic rings. The number of nitrogens with zero attached hydrogens (tertiary/aromatic N) is 2. The maximum atomic E-state index is 13.3. The standard InChI is InChI=1S/C34H37N3O3/c1-25(27-8-4-2-5-9-27)20-32(38)36-18-16-34(40,17-19-36)24-37-23-31(29-14-12-26(22-35)13-15-29)30(21-33(37)39)28-10-6-3-7-11-28/h2-15,21,23,25,40H,16-20,22,24,35H2,1H3/t25-/m1/s1. The van der Waals surface area contributed by atoms with Crippen LogP contribution in [0, 0.1) is 0 Å². The number of amides is 1. The number of benzene rings is 3. The summed E-state index contributed by atoms with van der Waals surface area (Å²) in [4.78, 5) is 28.2. The smallest absolute Gasteiger partial charge is 0.251 e. The van der Waals surface area contributed by atoms with Crippen molar-refractivity contribution < 1.29 is 9.90 Å². The van der Waals surface area contributed by atoms with Gasteiger partial charge in [-0.15, -0.1) is 0 Å². The second-order valence-corrected chi connectivity index (χ2v) is 11.0. The minimum absolute atomic E-state index is 0.103. The van der Waals surface area contributed by atoms with Crippen LogP contribution in [0.5, 0.6) is 0 Å². The third-order valence-electron chi connectivity index (χ3n) is 8.07. The van der Waals surface area contributed by atoms with E-state index in [1.165, 1.54) is 0 Å². The van der Waals surface area contributed by atoms with Gasteiger partial charge in [-0.1, -0.05) is 91.9 Å². The Balaban J connectivity index is 1.34. The van der Waals surface area contributed by atoms with Gasteiger partial charge in [-0.05, 0) is 46.6 Å². The molecule has 206 valence electrons. The number of piperidine rings is 1. The molecular weight excluding hydrogens is 498 g/mol. The van der Waals surface area contributed by atoms with E-state index < -0.39 is 5.60 Å². The Bertz CT molecular complexity index is 1490. The van der Waals surface area contributed by atoms with Crippen molar-refractivity contribution in [3.8, 4) is 22.3 Å². The van der Waals surface area contributed by atoms with Crippen molar-refractivity contribution in [2.45, 2.75) is 50.8 Å². The number of aromatic nitrogens is 1. The number of hydrogen-bond donors (Lipinski definition) is 2. The van der Waals surface area contributed by atoms with Gasteiger partial charge in [0.2, 0.25) is 5.91 Å². The monoisotopic (exact) mass is 535 g/mol. The molecule has 1 saturated heterocycles. The molecule has 0 radical (unpaired) electrons. The number of carbonyl (C=O) groups excluding carboxylic acids is 1. The number of pyridine rings is 1. The lowest BCUT2D eigenvalue weighted by atomic mass is 9.89. The van der Waals surface area contributed by atoms with Crippen LogP contribution in [-0.4, -0.2) is 39.2 Å². The number of hydrogen-bond acceptors (Lipinski definition) is 4. The second kappa shape index (κ2) is 12.0. The molecule has 1 amide bonds. The number of carbonyl (C=O) groups is 1. The fourth-order valence-corrected chi connectivity index (χ4v) is 5.54. The molecule has 6 nitrogen and oxygen atoms in total. The highest BCUT2D eigenvalue weighted by atomic mass is 16.3. The zero-order chi connectivity index (χ0) is 28.1. The van der Waals surface area contributed by atoms with Gasteiger partial charge in [0.1, 0.15) is 0 Å². The van der Waals surface area contributed by atoms with E-state index in [0.29, 0.717) is 38.9 Å². The van der Waals surface area contributed by atoms with E-state index in [1.54, 1.807) is 10.6 Å². The van der Waals surface area contributed by atoms with E-state index in [-0.39, 0.29) is 23.9 Å². The molecule has 3 N–H and O–H groups in total. The Labute approximate surface area is 235 Å². The highest BCUT2D eigenvalue weighted by Crippen LogP contribution is 2.32. The lowest BCUT2D eigenvalue weighted by Crippen LogP contribution is -2.49. The molecule has 0 saturated carbocycles. The Morgan fingerprint density at radius 2 is 1.50 bits per heavy atom. The highest BCUT2D eigenvalue weighted by molar-refractivity contribution is 5.82. The van der Waals surface area contributed by atoms with Crippen LogP contribution in [0.2, 0.25) is 0 Å². The Hall–Kier alpha value is -4.00. The van der Waals surface area contributed by atoms with Crippen LogP contribution in [0.25, 0.3) is 22.3 Å². The van der Waals surface area contributed by atoms with Crippen molar-refractivity contribution in [2.75, 3.05) is 13.1 Å². The quantitative estimate of drug-likeness (QED) is 0.325. The van der Waals surface area contributed by atoms with E-state index in [4.69, 9.17) is 5.73 Å². The highest BCUT2D eigenvalue weighted by Gasteiger charge is 2.35. The van der Waals surface area contributed by atoms with Crippen molar-refractivity contribution in [2.24, 2.45) is 5.73 Å². The summed E-state index contributed by atoms with van der Waals surface area (Å²) >= 11 is 0. The Morgan fingerprint density at radius 1 is 0.900 bits per heavy atom. The van der Waals surface area contributed by atoms with Crippen molar-refractivity contribution in [1.82, 2.24) is 9.47 Å². The van der Waals surface area contributed by atoms with Gasteiger partial charge in [0, 0.05) is 43.9 Å².